The first-order valence-electron chi connectivity index (χ1n) is 6.78. The first kappa shape index (κ1) is 13.1. The number of benzene rings is 2. The summed E-state index contributed by atoms with van der Waals surface area (Å²) < 4.78 is 5.85. The van der Waals surface area contributed by atoms with E-state index in [1.54, 1.807) is 0 Å². The zero-order valence-corrected chi connectivity index (χ0v) is 11.1. The maximum absolute atomic E-state index is 10.9. The summed E-state index contributed by atoms with van der Waals surface area (Å²) >= 11 is 0. The lowest BCUT2D eigenvalue weighted by molar-refractivity contribution is -0.139. The highest BCUT2D eigenvalue weighted by Gasteiger charge is 2.29. The summed E-state index contributed by atoms with van der Waals surface area (Å²) in [5, 5.41) is 14.3. The number of rotatable bonds is 4. The molecule has 20 heavy (non-hydrogen) atoms. The van der Waals surface area contributed by atoms with Crippen molar-refractivity contribution in [1.82, 2.24) is 5.32 Å². The first-order valence-corrected chi connectivity index (χ1v) is 6.78. The number of hydrogen-bond donors (Lipinski definition) is 2. The van der Waals surface area contributed by atoms with Crippen molar-refractivity contribution in [2.24, 2.45) is 0 Å². The lowest BCUT2D eigenvalue weighted by atomic mass is 10.1. The summed E-state index contributed by atoms with van der Waals surface area (Å²) in [6.45, 7) is 1.11. The van der Waals surface area contributed by atoms with Crippen molar-refractivity contribution < 1.29 is 14.6 Å². The second kappa shape index (κ2) is 5.61. The summed E-state index contributed by atoms with van der Waals surface area (Å²) in [4.78, 5) is 10.9. The molecule has 0 aromatic heterocycles. The molecule has 0 radical (unpaired) electrons. The molecule has 2 atom stereocenters. The molecule has 4 nitrogen and oxygen atoms in total. The summed E-state index contributed by atoms with van der Waals surface area (Å²) in [6, 6.07) is 13.9. The monoisotopic (exact) mass is 271 g/mol. The van der Waals surface area contributed by atoms with Gasteiger partial charge >= 0.3 is 5.97 Å². The number of aliphatic carboxylic acids is 1. The predicted molar refractivity (Wildman–Crippen MR) is 76.6 cm³/mol. The molecule has 1 aliphatic rings. The van der Waals surface area contributed by atoms with E-state index in [4.69, 9.17) is 9.84 Å². The standard InChI is InChI=1S/C16H17NO3/c18-16(19)15-8-13(9-17-15)20-10-12-6-3-5-11-4-1-2-7-14(11)12/h1-7,13,15,17H,8-10H2,(H,18,19)/t13?,15-/m0/s1. The van der Waals surface area contributed by atoms with Gasteiger partial charge in [-0.1, -0.05) is 42.5 Å². The lowest BCUT2D eigenvalue weighted by Crippen LogP contribution is -2.29. The van der Waals surface area contributed by atoms with E-state index in [1.165, 1.54) is 10.8 Å². The van der Waals surface area contributed by atoms with Crippen molar-refractivity contribution in [3.63, 3.8) is 0 Å². The van der Waals surface area contributed by atoms with Crippen LogP contribution in [-0.4, -0.2) is 29.8 Å². The minimum absolute atomic E-state index is 0.0323. The fourth-order valence-corrected chi connectivity index (χ4v) is 2.64. The van der Waals surface area contributed by atoms with Crippen molar-refractivity contribution in [1.29, 1.82) is 0 Å². The second-order valence-electron chi connectivity index (χ2n) is 5.11. The Balaban J connectivity index is 1.67. The van der Waals surface area contributed by atoms with E-state index >= 15 is 0 Å². The van der Waals surface area contributed by atoms with Crippen LogP contribution in [0.5, 0.6) is 0 Å². The highest BCUT2D eigenvalue weighted by Crippen LogP contribution is 2.21. The molecule has 0 spiro atoms. The van der Waals surface area contributed by atoms with Crippen LogP contribution in [0.15, 0.2) is 42.5 Å². The van der Waals surface area contributed by atoms with Crippen molar-refractivity contribution >= 4 is 16.7 Å². The Kier molecular flexibility index (Phi) is 3.67. The second-order valence-corrected chi connectivity index (χ2v) is 5.11. The third-order valence-corrected chi connectivity index (χ3v) is 3.74. The Morgan fingerprint density at radius 2 is 2.05 bits per heavy atom. The number of carbonyl (C=O) groups is 1. The van der Waals surface area contributed by atoms with Crippen LogP contribution in [0.3, 0.4) is 0 Å². The van der Waals surface area contributed by atoms with Gasteiger partial charge in [0.1, 0.15) is 6.04 Å². The molecule has 1 saturated heterocycles. The van der Waals surface area contributed by atoms with Gasteiger partial charge in [0.05, 0.1) is 12.7 Å². The molecule has 0 amide bonds. The van der Waals surface area contributed by atoms with Crippen LogP contribution in [0.25, 0.3) is 10.8 Å². The SMILES string of the molecule is O=C(O)[C@@H]1CC(OCc2cccc3ccccc23)CN1. The molecule has 1 aliphatic heterocycles. The molecule has 1 heterocycles. The van der Waals surface area contributed by atoms with E-state index in [0.717, 1.165) is 5.56 Å². The van der Waals surface area contributed by atoms with Crippen molar-refractivity contribution in [2.75, 3.05) is 6.54 Å². The molecule has 4 heteroatoms. The van der Waals surface area contributed by atoms with E-state index in [9.17, 15) is 4.79 Å². The van der Waals surface area contributed by atoms with E-state index < -0.39 is 12.0 Å². The van der Waals surface area contributed by atoms with Gasteiger partial charge in [-0.2, -0.15) is 0 Å². The molecular weight excluding hydrogens is 254 g/mol. The number of carboxylic acids is 1. The van der Waals surface area contributed by atoms with Crippen molar-refractivity contribution in [3.05, 3.63) is 48.0 Å². The van der Waals surface area contributed by atoms with Gasteiger partial charge in [-0.05, 0) is 16.3 Å². The smallest absolute Gasteiger partial charge is 0.320 e. The maximum atomic E-state index is 10.9. The maximum Gasteiger partial charge on any atom is 0.320 e. The molecule has 2 aromatic carbocycles. The quantitative estimate of drug-likeness (QED) is 0.894. The van der Waals surface area contributed by atoms with Gasteiger partial charge in [-0.15, -0.1) is 0 Å². The normalized spacial score (nSPS) is 22.2. The fourth-order valence-electron chi connectivity index (χ4n) is 2.64. The fraction of sp³-hybridized carbons (Fsp3) is 0.312. The van der Waals surface area contributed by atoms with Crippen LogP contribution < -0.4 is 5.32 Å². The van der Waals surface area contributed by atoms with Crippen LogP contribution in [0.1, 0.15) is 12.0 Å². The number of fused-ring (bicyclic) bond motifs is 1. The molecule has 2 aromatic rings. The van der Waals surface area contributed by atoms with E-state index in [1.807, 2.05) is 18.2 Å². The van der Waals surface area contributed by atoms with Gasteiger partial charge in [0.2, 0.25) is 0 Å². The van der Waals surface area contributed by atoms with Crippen LogP contribution >= 0.6 is 0 Å². The molecule has 1 fully saturated rings. The number of hydrogen-bond acceptors (Lipinski definition) is 3. The van der Waals surface area contributed by atoms with E-state index in [2.05, 4.69) is 29.6 Å². The van der Waals surface area contributed by atoms with Gasteiger partial charge in [0.25, 0.3) is 0 Å². The van der Waals surface area contributed by atoms with Crippen LogP contribution in [0.2, 0.25) is 0 Å². The Labute approximate surface area is 117 Å². The molecule has 2 N–H and O–H groups in total. The summed E-state index contributed by atoms with van der Waals surface area (Å²) in [5.41, 5.74) is 1.14. The Morgan fingerprint density at radius 3 is 2.85 bits per heavy atom. The van der Waals surface area contributed by atoms with E-state index in [0.29, 0.717) is 19.6 Å². The molecule has 3 rings (SSSR count). The molecule has 104 valence electrons. The average molecular weight is 271 g/mol. The largest absolute Gasteiger partial charge is 0.480 e. The van der Waals surface area contributed by atoms with Gasteiger partial charge in [0.15, 0.2) is 0 Å². The zero-order chi connectivity index (χ0) is 13.9. The van der Waals surface area contributed by atoms with Gasteiger partial charge in [-0.3, -0.25) is 4.79 Å². The Hall–Kier alpha value is -1.91. The van der Waals surface area contributed by atoms with E-state index in [-0.39, 0.29) is 6.10 Å². The minimum atomic E-state index is -0.804. The summed E-state index contributed by atoms with van der Waals surface area (Å²) in [6.07, 6.45) is 0.496. The molecular formula is C16H17NO3. The Morgan fingerprint density at radius 1 is 1.25 bits per heavy atom. The topological polar surface area (TPSA) is 58.6 Å². The van der Waals surface area contributed by atoms with Gasteiger partial charge in [0, 0.05) is 13.0 Å². The summed E-state index contributed by atoms with van der Waals surface area (Å²) in [7, 11) is 0. The molecule has 0 saturated carbocycles. The number of carboxylic acid groups (broad SMARTS) is 1. The van der Waals surface area contributed by atoms with Gasteiger partial charge in [-0.25, -0.2) is 0 Å². The third-order valence-electron chi connectivity index (χ3n) is 3.74. The van der Waals surface area contributed by atoms with Gasteiger partial charge < -0.3 is 15.2 Å². The first-order chi connectivity index (χ1) is 9.74. The lowest BCUT2D eigenvalue weighted by Gasteiger charge is -2.12. The molecule has 0 aliphatic carbocycles. The van der Waals surface area contributed by atoms with Crippen LogP contribution in [0, 0.1) is 0 Å². The highest BCUT2D eigenvalue weighted by molar-refractivity contribution is 5.85. The summed E-state index contributed by atoms with van der Waals surface area (Å²) in [5.74, 6) is -0.804. The zero-order valence-electron chi connectivity index (χ0n) is 11.1. The Bertz CT molecular complexity index is 621. The van der Waals surface area contributed by atoms with Crippen molar-refractivity contribution in [3.8, 4) is 0 Å². The van der Waals surface area contributed by atoms with Crippen molar-refractivity contribution in [2.45, 2.75) is 25.2 Å². The molecule has 0 bridgehead atoms. The number of nitrogens with one attached hydrogen (secondary N) is 1. The minimum Gasteiger partial charge on any atom is -0.480 e. The highest BCUT2D eigenvalue weighted by atomic mass is 16.5. The average Bonchev–Trinajstić information content (AvgIpc) is 2.94. The predicted octanol–water partition coefficient (Wildman–Crippen LogP) is 2.17. The molecule has 1 unspecified atom stereocenters. The van der Waals surface area contributed by atoms with Crippen LogP contribution in [0.4, 0.5) is 0 Å². The number of ether oxygens (including phenoxy) is 1. The third kappa shape index (κ3) is 2.66. The van der Waals surface area contributed by atoms with Crippen LogP contribution in [-0.2, 0) is 16.1 Å².